The van der Waals surface area contributed by atoms with Crippen LogP contribution in [-0.2, 0) is 11.2 Å². The molecule has 3 heterocycles. The number of imidazole rings is 1. The van der Waals surface area contributed by atoms with Gasteiger partial charge in [0.1, 0.15) is 0 Å². The highest BCUT2D eigenvalue weighted by atomic mass is 79.9. The molecular formula is C12H13BrN2O. The topological polar surface area (TPSA) is 26.5 Å². The lowest BCUT2D eigenvalue weighted by molar-refractivity contribution is -0.00833. The van der Waals surface area contributed by atoms with E-state index in [-0.39, 0.29) is 12.2 Å². The summed E-state index contributed by atoms with van der Waals surface area (Å²) in [6.07, 6.45) is 3.31. The van der Waals surface area contributed by atoms with E-state index in [9.17, 15) is 0 Å². The third kappa shape index (κ3) is 1.40. The van der Waals surface area contributed by atoms with Crippen LogP contribution in [0.4, 0.5) is 0 Å². The summed E-state index contributed by atoms with van der Waals surface area (Å²) in [6.45, 7) is 4.18. The summed E-state index contributed by atoms with van der Waals surface area (Å²) in [7, 11) is 0. The highest BCUT2D eigenvalue weighted by molar-refractivity contribution is 9.10. The van der Waals surface area contributed by atoms with Crippen LogP contribution < -0.4 is 0 Å². The van der Waals surface area contributed by atoms with Crippen molar-refractivity contribution in [2.75, 3.05) is 0 Å². The van der Waals surface area contributed by atoms with E-state index in [1.165, 1.54) is 5.69 Å². The molecule has 0 aliphatic carbocycles. The average Bonchev–Trinajstić information content (AvgIpc) is 2.57. The Balaban J connectivity index is 2.30. The lowest BCUT2D eigenvalue weighted by Gasteiger charge is -2.25. The van der Waals surface area contributed by atoms with Crippen LogP contribution in [0.15, 0.2) is 22.8 Å². The number of halogens is 1. The molecule has 84 valence electrons. The molecule has 0 saturated carbocycles. The third-order valence-corrected chi connectivity index (χ3v) is 3.64. The fraction of sp³-hybridized carbons (Fsp3) is 0.417. The predicted molar refractivity (Wildman–Crippen MR) is 65.6 cm³/mol. The minimum Gasteiger partial charge on any atom is -0.369 e. The lowest BCUT2D eigenvalue weighted by Crippen LogP contribution is -2.22. The van der Waals surface area contributed by atoms with Crippen molar-refractivity contribution < 1.29 is 4.74 Å². The summed E-state index contributed by atoms with van der Waals surface area (Å²) in [6, 6.07) is 4.03. The second-order valence-electron chi connectivity index (χ2n) is 4.29. The number of hydrogen-bond acceptors (Lipinski definition) is 2. The largest absolute Gasteiger partial charge is 0.369 e. The molecular weight excluding hydrogens is 268 g/mol. The van der Waals surface area contributed by atoms with Crippen LogP contribution in [0.25, 0.3) is 5.65 Å². The molecule has 16 heavy (non-hydrogen) atoms. The molecule has 1 aliphatic rings. The Bertz CT molecular complexity index is 549. The molecule has 0 amide bonds. The molecule has 2 atom stereocenters. The zero-order chi connectivity index (χ0) is 11.3. The number of hydrogen-bond donors (Lipinski definition) is 0. The first-order valence-electron chi connectivity index (χ1n) is 5.47. The highest BCUT2D eigenvalue weighted by Crippen LogP contribution is 2.32. The van der Waals surface area contributed by atoms with Crippen molar-refractivity contribution in [1.29, 1.82) is 0 Å². The molecule has 0 spiro atoms. The molecule has 0 radical (unpaired) electrons. The number of fused-ring (bicyclic) bond motifs is 3. The predicted octanol–water partition coefficient (Wildman–Crippen LogP) is 3.12. The molecule has 2 aromatic heterocycles. The number of nitrogens with zero attached hydrogens (tertiary/aromatic N) is 2. The quantitative estimate of drug-likeness (QED) is 0.741. The van der Waals surface area contributed by atoms with Gasteiger partial charge in [-0.25, -0.2) is 4.98 Å². The van der Waals surface area contributed by atoms with Gasteiger partial charge >= 0.3 is 0 Å². The van der Waals surface area contributed by atoms with Crippen molar-refractivity contribution >= 4 is 21.6 Å². The van der Waals surface area contributed by atoms with Crippen molar-refractivity contribution in [2.24, 2.45) is 0 Å². The van der Waals surface area contributed by atoms with Crippen LogP contribution in [0.1, 0.15) is 31.3 Å². The molecule has 3 rings (SSSR count). The Morgan fingerprint density at radius 1 is 1.50 bits per heavy atom. The van der Waals surface area contributed by atoms with E-state index in [0.717, 1.165) is 22.2 Å². The maximum atomic E-state index is 5.84. The molecule has 0 fully saturated rings. The second-order valence-corrected chi connectivity index (χ2v) is 5.14. The fourth-order valence-corrected chi connectivity index (χ4v) is 2.85. The van der Waals surface area contributed by atoms with Crippen molar-refractivity contribution in [3.63, 3.8) is 0 Å². The summed E-state index contributed by atoms with van der Waals surface area (Å²) in [5.41, 5.74) is 3.34. The van der Waals surface area contributed by atoms with Crippen molar-refractivity contribution in [1.82, 2.24) is 9.38 Å². The number of pyridine rings is 1. The summed E-state index contributed by atoms with van der Waals surface area (Å²) >= 11 is 3.53. The van der Waals surface area contributed by atoms with E-state index in [1.807, 2.05) is 18.3 Å². The number of aromatic nitrogens is 2. The maximum Gasteiger partial charge on any atom is 0.151 e. The van der Waals surface area contributed by atoms with Crippen LogP contribution >= 0.6 is 15.9 Å². The van der Waals surface area contributed by atoms with Crippen molar-refractivity contribution in [3.05, 3.63) is 34.2 Å². The third-order valence-electron chi connectivity index (χ3n) is 3.02. The zero-order valence-corrected chi connectivity index (χ0v) is 10.9. The Morgan fingerprint density at radius 2 is 2.31 bits per heavy atom. The summed E-state index contributed by atoms with van der Waals surface area (Å²) in [4.78, 5) is 4.69. The minimum absolute atomic E-state index is 0.114. The normalized spacial score (nSPS) is 24.7. The van der Waals surface area contributed by atoms with Crippen LogP contribution in [0.5, 0.6) is 0 Å². The Kier molecular flexibility index (Phi) is 2.30. The van der Waals surface area contributed by atoms with E-state index in [4.69, 9.17) is 4.74 Å². The second kappa shape index (κ2) is 3.57. The van der Waals surface area contributed by atoms with E-state index in [2.05, 4.69) is 39.2 Å². The van der Waals surface area contributed by atoms with Gasteiger partial charge in [0.2, 0.25) is 0 Å². The summed E-state index contributed by atoms with van der Waals surface area (Å²) in [5.74, 6) is 0. The Morgan fingerprint density at radius 3 is 3.12 bits per heavy atom. The standard InChI is InChI=1S/C12H13BrN2O/c1-7-6-10-11(8(2)16-7)15-5-3-4-9(13)12(15)14-10/h3-5,7-8H,6H2,1-2H3. The SMILES string of the molecule is CC1Cc2nc3c(Br)cccn3c2C(C)O1. The summed E-state index contributed by atoms with van der Waals surface area (Å²) in [5, 5.41) is 0. The molecule has 2 unspecified atom stereocenters. The lowest BCUT2D eigenvalue weighted by atomic mass is 10.1. The van der Waals surface area contributed by atoms with Gasteiger partial charge in [-0.1, -0.05) is 0 Å². The maximum absolute atomic E-state index is 5.84. The average molecular weight is 281 g/mol. The summed E-state index contributed by atoms with van der Waals surface area (Å²) < 4.78 is 9.00. The van der Waals surface area contributed by atoms with Gasteiger partial charge in [0.05, 0.1) is 28.1 Å². The zero-order valence-electron chi connectivity index (χ0n) is 9.27. The molecule has 0 bridgehead atoms. The van der Waals surface area contributed by atoms with Crippen molar-refractivity contribution in [3.8, 4) is 0 Å². The van der Waals surface area contributed by atoms with E-state index >= 15 is 0 Å². The molecule has 0 saturated heterocycles. The molecule has 3 nitrogen and oxygen atoms in total. The molecule has 0 N–H and O–H groups in total. The van der Waals surface area contributed by atoms with E-state index in [0.29, 0.717) is 0 Å². The molecule has 4 heteroatoms. The van der Waals surface area contributed by atoms with Gasteiger partial charge < -0.3 is 9.14 Å². The van der Waals surface area contributed by atoms with Crippen LogP contribution in [-0.4, -0.2) is 15.5 Å². The highest BCUT2D eigenvalue weighted by Gasteiger charge is 2.27. The van der Waals surface area contributed by atoms with Crippen LogP contribution in [0.3, 0.4) is 0 Å². The first kappa shape index (κ1) is 10.3. The Hall–Kier alpha value is -0.870. The smallest absolute Gasteiger partial charge is 0.151 e. The van der Waals surface area contributed by atoms with Crippen molar-refractivity contribution in [2.45, 2.75) is 32.5 Å². The van der Waals surface area contributed by atoms with Gasteiger partial charge in [0.25, 0.3) is 0 Å². The minimum atomic E-state index is 0.114. The monoisotopic (exact) mass is 280 g/mol. The Labute approximate surface area is 103 Å². The van der Waals surface area contributed by atoms with Crippen LogP contribution in [0, 0.1) is 0 Å². The van der Waals surface area contributed by atoms with Gasteiger partial charge in [-0.15, -0.1) is 0 Å². The first-order valence-corrected chi connectivity index (χ1v) is 6.27. The first-order chi connectivity index (χ1) is 7.66. The number of rotatable bonds is 0. The molecule has 0 aromatic carbocycles. The van der Waals surface area contributed by atoms with Gasteiger partial charge in [-0.05, 0) is 41.9 Å². The fourth-order valence-electron chi connectivity index (χ4n) is 2.41. The molecule has 2 aromatic rings. The molecule has 1 aliphatic heterocycles. The van der Waals surface area contributed by atoms with E-state index < -0.39 is 0 Å². The van der Waals surface area contributed by atoms with Gasteiger partial charge in [-0.3, -0.25) is 0 Å². The number of ether oxygens (including phenoxy) is 1. The van der Waals surface area contributed by atoms with Gasteiger partial charge in [0, 0.05) is 12.6 Å². The van der Waals surface area contributed by atoms with Gasteiger partial charge in [0.15, 0.2) is 5.65 Å². The van der Waals surface area contributed by atoms with Crippen LogP contribution in [0.2, 0.25) is 0 Å². The van der Waals surface area contributed by atoms with E-state index in [1.54, 1.807) is 0 Å². The van der Waals surface area contributed by atoms with Gasteiger partial charge in [-0.2, -0.15) is 0 Å².